The van der Waals surface area contributed by atoms with Crippen LogP contribution >= 0.6 is 0 Å². The molecule has 0 aliphatic rings. The van der Waals surface area contributed by atoms with Crippen molar-refractivity contribution in [1.29, 1.82) is 0 Å². The summed E-state index contributed by atoms with van der Waals surface area (Å²) in [5.74, 6) is 0.699. The summed E-state index contributed by atoms with van der Waals surface area (Å²) in [5.41, 5.74) is 13.9. The number of para-hydroxylation sites is 2. The van der Waals surface area contributed by atoms with Gasteiger partial charge in [-0.05, 0) is 29.8 Å². The standard InChI is InChI=1S/C13H14N2O/c14-11-5-3-4-10(8-11)9-16-13-7-2-1-6-12(13)15/h1-8H,9,14-15H2. The molecule has 0 bridgehead atoms. The second kappa shape index (κ2) is 4.57. The number of hydrogen-bond acceptors (Lipinski definition) is 3. The smallest absolute Gasteiger partial charge is 0.142 e. The highest BCUT2D eigenvalue weighted by molar-refractivity contribution is 5.52. The average Bonchev–Trinajstić information content (AvgIpc) is 2.28. The predicted molar refractivity (Wildman–Crippen MR) is 66.0 cm³/mol. The molecule has 0 unspecified atom stereocenters. The van der Waals surface area contributed by atoms with Crippen molar-refractivity contribution in [2.45, 2.75) is 6.61 Å². The monoisotopic (exact) mass is 214 g/mol. The molecule has 0 saturated heterocycles. The third-order valence-electron chi connectivity index (χ3n) is 2.26. The van der Waals surface area contributed by atoms with Gasteiger partial charge in [0, 0.05) is 5.69 Å². The Bertz CT molecular complexity index is 483. The molecule has 0 heterocycles. The minimum absolute atomic E-state index is 0.471. The Balaban J connectivity index is 2.05. The van der Waals surface area contributed by atoms with Crippen molar-refractivity contribution in [1.82, 2.24) is 0 Å². The SMILES string of the molecule is Nc1cccc(COc2ccccc2N)c1. The molecule has 0 aromatic heterocycles. The number of hydrogen-bond donors (Lipinski definition) is 2. The molecule has 2 rings (SSSR count). The van der Waals surface area contributed by atoms with E-state index in [-0.39, 0.29) is 0 Å². The van der Waals surface area contributed by atoms with E-state index in [2.05, 4.69) is 0 Å². The van der Waals surface area contributed by atoms with Crippen LogP contribution in [0.15, 0.2) is 48.5 Å². The molecular formula is C13H14N2O. The lowest BCUT2D eigenvalue weighted by atomic mass is 10.2. The van der Waals surface area contributed by atoms with Crippen molar-refractivity contribution >= 4 is 11.4 Å². The minimum atomic E-state index is 0.471. The summed E-state index contributed by atoms with van der Waals surface area (Å²) in [5, 5.41) is 0. The van der Waals surface area contributed by atoms with E-state index in [1.54, 1.807) is 0 Å². The predicted octanol–water partition coefficient (Wildman–Crippen LogP) is 2.43. The van der Waals surface area contributed by atoms with Gasteiger partial charge in [0.05, 0.1) is 5.69 Å². The fourth-order valence-corrected chi connectivity index (χ4v) is 1.46. The number of nitrogens with two attached hydrogens (primary N) is 2. The Morgan fingerprint density at radius 2 is 1.75 bits per heavy atom. The van der Waals surface area contributed by atoms with Gasteiger partial charge in [0.2, 0.25) is 0 Å². The van der Waals surface area contributed by atoms with Crippen molar-refractivity contribution in [2.75, 3.05) is 11.5 Å². The van der Waals surface area contributed by atoms with E-state index in [0.29, 0.717) is 18.0 Å². The van der Waals surface area contributed by atoms with Crippen LogP contribution in [0.4, 0.5) is 11.4 Å². The van der Waals surface area contributed by atoms with Gasteiger partial charge in [-0.2, -0.15) is 0 Å². The van der Waals surface area contributed by atoms with E-state index in [1.807, 2.05) is 48.5 Å². The normalized spacial score (nSPS) is 10.0. The third kappa shape index (κ3) is 2.45. The van der Waals surface area contributed by atoms with Crippen molar-refractivity contribution < 1.29 is 4.74 Å². The third-order valence-corrected chi connectivity index (χ3v) is 2.26. The zero-order valence-corrected chi connectivity index (χ0v) is 8.89. The van der Waals surface area contributed by atoms with Gasteiger partial charge in [0.1, 0.15) is 12.4 Å². The van der Waals surface area contributed by atoms with E-state index in [1.165, 1.54) is 0 Å². The molecule has 82 valence electrons. The lowest BCUT2D eigenvalue weighted by Gasteiger charge is -2.08. The largest absolute Gasteiger partial charge is 0.487 e. The number of anilines is 2. The van der Waals surface area contributed by atoms with E-state index in [4.69, 9.17) is 16.2 Å². The Labute approximate surface area is 94.6 Å². The van der Waals surface area contributed by atoms with Gasteiger partial charge < -0.3 is 16.2 Å². The molecule has 0 saturated carbocycles. The number of nitrogen functional groups attached to an aromatic ring is 2. The van der Waals surface area contributed by atoms with Crippen LogP contribution in [0.25, 0.3) is 0 Å². The van der Waals surface area contributed by atoms with Crippen LogP contribution in [0.2, 0.25) is 0 Å². The molecule has 3 heteroatoms. The second-order valence-electron chi connectivity index (χ2n) is 3.57. The molecule has 0 amide bonds. The highest BCUT2D eigenvalue weighted by Crippen LogP contribution is 2.21. The first kappa shape index (κ1) is 10.4. The Morgan fingerprint density at radius 1 is 0.938 bits per heavy atom. The van der Waals surface area contributed by atoms with Gasteiger partial charge in [0.15, 0.2) is 0 Å². The molecule has 0 spiro atoms. The molecule has 0 aliphatic carbocycles. The molecular weight excluding hydrogens is 200 g/mol. The molecule has 0 fully saturated rings. The van der Waals surface area contributed by atoms with E-state index >= 15 is 0 Å². The Hall–Kier alpha value is -2.16. The fraction of sp³-hybridized carbons (Fsp3) is 0.0769. The van der Waals surface area contributed by atoms with E-state index in [9.17, 15) is 0 Å². The highest BCUT2D eigenvalue weighted by Gasteiger charge is 1.99. The molecule has 2 aromatic rings. The molecule has 3 nitrogen and oxygen atoms in total. The zero-order valence-electron chi connectivity index (χ0n) is 8.89. The maximum absolute atomic E-state index is 5.76. The first-order chi connectivity index (χ1) is 7.75. The summed E-state index contributed by atoms with van der Waals surface area (Å²) in [6.45, 7) is 0.471. The first-order valence-electron chi connectivity index (χ1n) is 5.07. The molecule has 0 atom stereocenters. The van der Waals surface area contributed by atoms with Crippen LogP contribution in [0.3, 0.4) is 0 Å². The van der Waals surface area contributed by atoms with Gasteiger partial charge in [-0.1, -0.05) is 24.3 Å². The Kier molecular flexibility index (Phi) is 2.96. The van der Waals surface area contributed by atoms with E-state index < -0.39 is 0 Å². The molecule has 16 heavy (non-hydrogen) atoms. The van der Waals surface area contributed by atoms with Gasteiger partial charge in [-0.15, -0.1) is 0 Å². The van der Waals surface area contributed by atoms with Crippen LogP contribution in [0, 0.1) is 0 Å². The summed E-state index contributed by atoms with van der Waals surface area (Å²) < 4.78 is 5.60. The number of ether oxygens (including phenoxy) is 1. The van der Waals surface area contributed by atoms with Crippen LogP contribution in [-0.2, 0) is 6.61 Å². The van der Waals surface area contributed by atoms with Crippen molar-refractivity contribution in [3.8, 4) is 5.75 Å². The number of benzene rings is 2. The van der Waals surface area contributed by atoms with Gasteiger partial charge in [0.25, 0.3) is 0 Å². The van der Waals surface area contributed by atoms with Gasteiger partial charge in [-0.25, -0.2) is 0 Å². The van der Waals surface area contributed by atoms with Crippen LogP contribution in [0.1, 0.15) is 5.56 Å². The van der Waals surface area contributed by atoms with Crippen molar-refractivity contribution in [2.24, 2.45) is 0 Å². The highest BCUT2D eigenvalue weighted by atomic mass is 16.5. The van der Waals surface area contributed by atoms with Gasteiger partial charge in [-0.3, -0.25) is 0 Å². The summed E-state index contributed by atoms with van der Waals surface area (Å²) in [6.07, 6.45) is 0. The second-order valence-corrected chi connectivity index (χ2v) is 3.57. The maximum Gasteiger partial charge on any atom is 0.142 e. The quantitative estimate of drug-likeness (QED) is 0.771. The topological polar surface area (TPSA) is 61.3 Å². The Morgan fingerprint density at radius 3 is 2.50 bits per heavy atom. The van der Waals surface area contributed by atoms with Crippen LogP contribution in [0.5, 0.6) is 5.75 Å². The van der Waals surface area contributed by atoms with Crippen molar-refractivity contribution in [3.05, 3.63) is 54.1 Å². The lowest BCUT2D eigenvalue weighted by Crippen LogP contribution is -1.99. The fourth-order valence-electron chi connectivity index (χ4n) is 1.46. The summed E-state index contributed by atoms with van der Waals surface area (Å²) in [7, 11) is 0. The molecule has 2 aromatic carbocycles. The van der Waals surface area contributed by atoms with Gasteiger partial charge >= 0.3 is 0 Å². The maximum atomic E-state index is 5.76. The summed E-state index contributed by atoms with van der Waals surface area (Å²) in [6, 6.07) is 15.0. The summed E-state index contributed by atoms with van der Waals surface area (Å²) >= 11 is 0. The number of rotatable bonds is 3. The minimum Gasteiger partial charge on any atom is -0.487 e. The molecule has 4 N–H and O–H groups in total. The van der Waals surface area contributed by atoms with Crippen LogP contribution in [-0.4, -0.2) is 0 Å². The van der Waals surface area contributed by atoms with Crippen molar-refractivity contribution in [3.63, 3.8) is 0 Å². The van der Waals surface area contributed by atoms with E-state index in [0.717, 1.165) is 11.3 Å². The van der Waals surface area contributed by atoms with Crippen LogP contribution < -0.4 is 16.2 Å². The zero-order chi connectivity index (χ0) is 11.4. The summed E-state index contributed by atoms with van der Waals surface area (Å²) in [4.78, 5) is 0. The molecule has 0 radical (unpaired) electrons. The first-order valence-corrected chi connectivity index (χ1v) is 5.07. The lowest BCUT2D eigenvalue weighted by molar-refractivity contribution is 0.308. The molecule has 0 aliphatic heterocycles. The average molecular weight is 214 g/mol.